The number of rotatable bonds is 4. The van der Waals surface area contributed by atoms with Crippen molar-refractivity contribution in [2.45, 2.75) is 20.4 Å². The van der Waals surface area contributed by atoms with E-state index in [2.05, 4.69) is 21.6 Å². The van der Waals surface area contributed by atoms with Crippen molar-refractivity contribution >= 4 is 5.91 Å². The van der Waals surface area contributed by atoms with Crippen molar-refractivity contribution in [3.05, 3.63) is 71.1 Å². The molecule has 3 rings (SSSR count). The summed E-state index contributed by atoms with van der Waals surface area (Å²) in [7, 11) is 0. The molecule has 0 atom stereocenters. The Balaban J connectivity index is 1.66. The summed E-state index contributed by atoms with van der Waals surface area (Å²) < 4.78 is 5.36. The predicted molar refractivity (Wildman–Crippen MR) is 86.8 cm³/mol. The minimum absolute atomic E-state index is 0.111. The van der Waals surface area contributed by atoms with Gasteiger partial charge < -0.3 is 9.73 Å². The van der Waals surface area contributed by atoms with Gasteiger partial charge in [0, 0.05) is 24.6 Å². The summed E-state index contributed by atoms with van der Waals surface area (Å²) in [4.78, 5) is 12.2. The van der Waals surface area contributed by atoms with Crippen molar-refractivity contribution in [1.29, 1.82) is 0 Å². The maximum Gasteiger partial charge on any atom is 0.251 e. The van der Waals surface area contributed by atoms with Crippen molar-refractivity contribution in [3.8, 4) is 11.5 Å². The van der Waals surface area contributed by atoms with Gasteiger partial charge in [0.2, 0.25) is 11.8 Å². The third-order valence-corrected chi connectivity index (χ3v) is 3.46. The largest absolute Gasteiger partial charge is 0.421 e. The van der Waals surface area contributed by atoms with Crippen molar-refractivity contribution < 1.29 is 9.21 Å². The highest BCUT2D eigenvalue weighted by atomic mass is 16.4. The molecule has 1 amide bonds. The number of nitrogens with one attached hydrogen (secondary N) is 1. The van der Waals surface area contributed by atoms with Crippen LogP contribution in [0.2, 0.25) is 0 Å². The number of carbonyl (C=O) groups excluding carboxylic acids is 1. The van der Waals surface area contributed by atoms with Crippen LogP contribution in [0.5, 0.6) is 0 Å². The number of hydrogen-bond acceptors (Lipinski definition) is 4. The Morgan fingerprint density at radius 1 is 1.09 bits per heavy atom. The van der Waals surface area contributed by atoms with E-state index in [9.17, 15) is 4.79 Å². The lowest BCUT2D eigenvalue weighted by atomic mass is 10.1. The summed E-state index contributed by atoms with van der Waals surface area (Å²) in [5, 5.41) is 10.7. The fraction of sp³-hybridized carbons (Fsp3) is 0.167. The van der Waals surface area contributed by atoms with Gasteiger partial charge in [-0.3, -0.25) is 4.79 Å². The second kappa shape index (κ2) is 6.44. The summed E-state index contributed by atoms with van der Waals surface area (Å²) in [6.45, 7) is 4.28. The maximum absolute atomic E-state index is 12.2. The number of nitrogens with zero attached hydrogens (tertiary/aromatic N) is 2. The first-order chi connectivity index (χ1) is 11.1. The summed E-state index contributed by atoms with van der Waals surface area (Å²) in [6, 6.07) is 15.2. The number of hydrogen-bond donors (Lipinski definition) is 1. The molecule has 0 radical (unpaired) electrons. The lowest BCUT2D eigenvalue weighted by Gasteiger charge is -2.06. The van der Waals surface area contributed by atoms with Gasteiger partial charge in [0.15, 0.2) is 0 Å². The van der Waals surface area contributed by atoms with E-state index in [0.717, 1.165) is 11.1 Å². The Hall–Kier alpha value is -2.95. The number of aromatic nitrogens is 2. The van der Waals surface area contributed by atoms with Crippen LogP contribution in [0, 0.1) is 13.8 Å². The van der Waals surface area contributed by atoms with Gasteiger partial charge in [0.05, 0.1) is 0 Å². The van der Waals surface area contributed by atoms with Crippen LogP contribution in [0.3, 0.4) is 0 Å². The van der Waals surface area contributed by atoms with Gasteiger partial charge in [0.25, 0.3) is 5.91 Å². The van der Waals surface area contributed by atoms with Crippen LogP contribution in [0.25, 0.3) is 11.5 Å². The molecule has 23 heavy (non-hydrogen) atoms. The Morgan fingerprint density at radius 2 is 1.87 bits per heavy atom. The van der Waals surface area contributed by atoms with Gasteiger partial charge in [0.1, 0.15) is 0 Å². The zero-order valence-electron chi connectivity index (χ0n) is 13.0. The van der Waals surface area contributed by atoms with Crippen LogP contribution in [0.15, 0.2) is 52.9 Å². The van der Waals surface area contributed by atoms with E-state index in [0.29, 0.717) is 23.9 Å². The Morgan fingerprint density at radius 3 is 2.52 bits per heavy atom. The van der Waals surface area contributed by atoms with E-state index in [1.807, 2.05) is 25.1 Å². The van der Waals surface area contributed by atoms with Crippen LogP contribution in [0.1, 0.15) is 27.4 Å². The highest BCUT2D eigenvalue weighted by molar-refractivity contribution is 5.94. The molecule has 5 heteroatoms. The van der Waals surface area contributed by atoms with Crippen LogP contribution in [0.4, 0.5) is 0 Å². The zero-order chi connectivity index (χ0) is 16.2. The third-order valence-electron chi connectivity index (χ3n) is 3.46. The SMILES string of the molecule is Cc1cccc(CNC(=O)c2ccc(-c3nnc(C)o3)cc2)c1. The molecule has 0 aliphatic rings. The molecule has 2 aromatic carbocycles. The van der Waals surface area contributed by atoms with E-state index in [-0.39, 0.29) is 5.91 Å². The monoisotopic (exact) mass is 307 g/mol. The molecule has 1 N–H and O–H groups in total. The maximum atomic E-state index is 12.2. The quantitative estimate of drug-likeness (QED) is 0.803. The highest BCUT2D eigenvalue weighted by Gasteiger charge is 2.09. The van der Waals surface area contributed by atoms with Crippen LogP contribution >= 0.6 is 0 Å². The highest BCUT2D eigenvalue weighted by Crippen LogP contribution is 2.18. The number of benzene rings is 2. The average molecular weight is 307 g/mol. The topological polar surface area (TPSA) is 68.0 Å². The lowest BCUT2D eigenvalue weighted by Crippen LogP contribution is -2.22. The number of carbonyl (C=O) groups is 1. The minimum Gasteiger partial charge on any atom is -0.421 e. The molecule has 0 spiro atoms. The van der Waals surface area contributed by atoms with Crippen molar-refractivity contribution in [2.75, 3.05) is 0 Å². The molecule has 0 unspecified atom stereocenters. The van der Waals surface area contributed by atoms with E-state index < -0.39 is 0 Å². The van der Waals surface area contributed by atoms with Crippen molar-refractivity contribution in [1.82, 2.24) is 15.5 Å². The first-order valence-electron chi connectivity index (χ1n) is 7.36. The normalized spacial score (nSPS) is 10.5. The molecule has 3 aromatic rings. The van der Waals surface area contributed by atoms with Crippen LogP contribution in [-0.4, -0.2) is 16.1 Å². The molecule has 5 nitrogen and oxygen atoms in total. The number of aryl methyl sites for hydroxylation is 2. The second-order valence-corrected chi connectivity index (χ2v) is 5.38. The number of amides is 1. The first-order valence-corrected chi connectivity index (χ1v) is 7.36. The van der Waals surface area contributed by atoms with E-state index >= 15 is 0 Å². The molecule has 1 heterocycles. The first kappa shape index (κ1) is 15.0. The summed E-state index contributed by atoms with van der Waals surface area (Å²) in [6.07, 6.45) is 0. The van der Waals surface area contributed by atoms with Crippen LogP contribution < -0.4 is 5.32 Å². The summed E-state index contributed by atoms with van der Waals surface area (Å²) in [5.41, 5.74) is 3.64. The summed E-state index contributed by atoms with van der Waals surface area (Å²) in [5.74, 6) is 0.856. The van der Waals surface area contributed by atoms with Gasteiger partial charge in [-0.1, -0.05) is 29.8 Å². The predicted octanol–water partition coefficient (Wildman–Crippen LogP) is 3.28. The molecule has 0 bridgehead atoms. The average Bonchev–Trinajstić information content (AvgIpc) is 2.99. The minimum atomic E-state index is -0.111. The smallest absolute Gasteiger partial charge is 0.251 e. The second-order valence-electron chi connectivity index (χ2n) is 5.38. The molecule has 0 aliphatic carbocycles. The van der Waals surface area contributed by atoms with Gasteiger partial charge in [-0.25, -0.2) is 0 Å². The summed E-state index contributed by atoms with van der Waals surface area (Å²) >= 11 is 0. The molecule has 0 fully saturated rings. The molecule has 0 saturated carbocycles. The fourth-order valence-electron chi connectivity index (χ4n) is 2.28. The molecular weight excluding hydrogens is 290 g/mol. The van der Waals surface area contributed by atoms with Crippen molar-refractivity contribution in [3.63, 3.8) is 0 Å². The van der Waals surface area contributed by atoms with Crippen LogP contribution in [-0.2, 0) is 6.54 Å². The van der Waals surface area contributed by atoms with Gasteiger partial charge in [-0.2, -0.15) is 0 Å². The van der Waals surface area contributed by atoms with E-state index in [4.69, 9.17) is 4.42 Å². The van der Waals surface area contributed by atoms with Gasteiger partial charge in [-0.15, -0.1) is 10.2 Å². The fourth-order valence-corrected chi connectivity index (χ4v) is 2.28. The zero-order valence-corrected chi connectivity index (χ0v) is 13.0. The molecule has 1 aromatic heterocycles. The third kappa shape index (κ3) is 3.63. The lowest BCUT2D eigenvalue weighted by molar-refractivity contribution is 0.0951. The molecule has 116 valence electrons. The van der Waals surface area contributed by atoms with E-state index in [1.165, 1.54) is 5.56 Å². The van der Waals surface area contributed by atoms with Gasteiger partial charge >= 0.3 is 0 Å². The Kier molecular flexibility index (Phi) is 4.19. The molecular formula is C18H17N3O2. The standard InChI is InChI=1S/C18H17N3O2/c1-12-4-3-5-14(10-12)11-19-17(22)15-6-8-16(9-7-15)18-21-20-13(2)23-18/h3-10H,11H2,1-2H3,(H,19,22). The van der Waals surface area contributed by atoms with Gasteiger partial charge in [-0.05, 0) is 36.8 Å². The Labute approximate surface area is 134 Å². The molecule has 0 aliphatic heterocycles. The molecule has 0 saturated heterocycles. The Bertz CT molecular complexity index is 822. The van der Waals surface area contributed by atoms with E-state index in [1.54, 1.807) is 31.2 Å². The van der Waals surface area contributed by atoms with Crippen molar-refractivity contribution in [2.24, 2.45) is 0 Å².